The minimum Gasteiger partial charge on any atom is -0.494 e. The van der Waals surface area contributed by atoms with Crippen molar-refractivity contribution in [2.45, 2.75) is 31.0 Å². The highest BCUT2D eigenvalue weighted by atomic mass is 32.2. The molecule has 1 aromatic heterocycles. The predicted octanol–water partition coefficient (Wildman–Crippen LogP) is 5.01. The van der Waals surface area contributed by atoms with Crippen molar-refractivity contribution in [1.29, 1.82) is 0 Å². The topological polar surface area (TPSA) is 93.2 Å². The summed E-state index contributed by atoms with van der Waals surface area (Å²) in [5, 5.41) is 14.0. The van der Waals surface area contributed by atoms with E-state index in [2.05, 4.69) is 27.8 Å². The van der Waals surface area contributed by atoms with Gasteiger partial charge in [-0.15, -0.1) is 10.2 Å². The summed E-state index contributed by atoms with van der Waals surface area (Å²) in [5.74, 6) is 0.542. The molecule has 162 valence electrons. The summed E-state index contributed by atoms with van der Waals surface area (Å²) in [4.78, 5) is 24.5. The molecule has 0 aliphatic heterocycles. The lowest BCUT2D eigenvalue weighted by Gasteiger charge is -2.06. The zero-order chi connectivity index (χ0) is 22.1. The summed E-state index contributed by atoms with van der Waals surface area (Å²) in [5.41, 5.74) is 2.39. The van der Waals surface area contributed by atoms with Gasteiger partial charge in [-0.25, -0.2) is 0 Å². The number of hydrogen-bond donors (Lipinski definition) is 2. The van der Waals surface area contributed by atoms with Crippen LogP contribution in [0.5, 0.6) is 5.75 Å². The molecule has 7 nitrogen and oxygen atoms in total. The number of rotatable bonds is 10. The molecule has 0 fully saturated rings. The van der Waals surface area contributed by atoms with E-state index in [-0.39, 0.29) is 17.6 Å². The number of thioether (sulfide) groups is 1. The molecular formula is C22H24N4O3S2. The van der Waals surface area contributed by atoms with Crippen LogP contribution in [0.2, 0.25) is 0 Å². The molecule has 31 heavy (non-hydrogen) atoms. The number of hydrogen-bond acceptors (Lipinski definition) is 7. The van der Waals surface area contributed by atoms with Gasteiger partial charge >= 0.3 is 0 Å². The molecule has 9 heteroatoms. The van der Waals surface area contributed by atoms with Gasteiger partial charge in [-0.3, -0.25) is 14.9 Å². The standard InChI is InChI=1S/C22H24N4O3S2/c1-3-4-13-29-18-11-7-16(8-12-18)20(28)24-21-25-26-22(31-21)30-14-19(27)23-17-9-5-15(2)6-10-17/h5-12H,3-4,13-14H2,1-2H3,(H,23,27)(H,24,25,28). The number of nitrogens with zero attached hydrogens (tertiary/aromatic N) is 2. The second kappa shape index (κ2) is 11.5. The van der Waals surface area contributed by atoms with Crippen molar-refractivity contribution >= 4 is 45.7 Å². The summed E-state index contributed by atoms with van der Waals surface area (Å²) in [6, 6.07) is 14.6. The van der Waals surface area contributed by atoms with E-state index < -0.39 is 0 Å². The average Bonchev–Trinajstić information content (AvgIpc) is 3.22. The van der Waals surface area contributed by atoms with Gasteiger partial charge in [0.05, 0.1) is 12.4 Å². The quantitative estimate of drug-likeness (QED) is 0.253. The van der Waals surface area contributed by atoms with Crippen LogP contribution in [0.3, 0.4) is 0 Å². The van der Waals surface area contributed by atoms with Crippen LogP contribution in [0.4, 0.5) is 10.8 Å². The minimum absolute atomic E-state index is 0.129. The lowest BCUT2D eigenvalue weighted by molar-refractivity contribution is -0.113. The molecule has 2 aromatic carbocycles. The van der Waals surface area contributed by atoms with Crippen LogP contribution in [0.1, 0.15) is 35.7 Å². The fraction of sp³-hybridized carbons (Fsp3) is 0.273. The van der Waals surface area contributed by atoms with Gasteiger partial charge in [0, 0.05) is 11.3 Å². The maximum absolute atomic E-state index is 12.4. The van der Waals surface area contributed by atoms with Crippen LogP contribution >= 0.6 is 23.1 Å². The van der Waals surface area contributed by atoms with Gasteiger partial charge in [0.2, 0.25) is 11.0 Å². The third kappa shape index (κ3) is 7.37. The minimum atomic E-state index is -0.273. The van der Waals surface area contributed by atoms with E-state index in [1.54, 1.807) is 24.3 Å². The van der Waals surface area contributed by atoms with E-state index in [1.807, 2.05) is 31.2 Å². The van der Waals surface area contributed by atoms with E-state index in [9.17, 15) is 9.59 Å². The van der Waals surface area contributed by atoms with E-state index >= 15 is 0 Å². The van der Waals surface area contributed by atoms with E-state index in [0.29, 0.717) is 21.6 Å². The van der Waals surface area contributed by atoms with Gasteiger partial charge in [0.1, 0.15) is 5.75 Å². The molecule has 1 heterocycles. The maximum Gasteiger partial charge on any atom is 0.257 e. The first-order valence-electron chi connectivity index (χ1n) is 9.90. The molecule has 0 saturated heterocycles. The molecule has 2 amide bonds. The molecule has 0 bridgehead atoms. The highest BCUT2D eigenvalue weighted by Gasteiger charge is 2.12. The normalized spacial score (nSPS) is 10.5. The Kier molecular flexibility index (Phi) is 8.43. The van der Waals surface area contributed by atoms with Crippen molar-refractivity contribution in [3.05, 3.63) is 59.7 Å². The Hall–Kier alpha value is -2.91. The number of aromatic nitrogens is 2. The first-order valence-corrected chi connectivity index (χ1v) is 11.7. The lowest BCUT2D eigenvalue weighted by Crippen LogP contribution is -2.13. The Bertz CT molecular complexity index is 1000. The largest absolute Gasteiger partial charge is 0.494 e. The number of ether oxygens (including phenoxy) is 1. The van der Waals surface area contributed by atoms with Gasteiger partial charge in [-0.05, 0) is 49.7 Å². The van der Waals surface area contributed by atoms with Crippen molar-refractivity contribution in [3.63, 3.8) is 0 Å². The van der Waals surface area contributed by atoms with Gasteiger partial charge in [-0.2, -0.15) is 0 Å². The molecule has 0 spiro atoms. The van der Waals surface area contributed by atoms with Crippen LogP contribution in [0, 0.1) is 6.92 Å². The van der Waals surface area contributed by atoms with E-state index in [0.717, 1.165) is 29.8 Å². The third-order valence-corrected chi connectivity index (χ3v) is 6.14. The molecule has 0 aliphatic rings. The van der Waals surface area contributed by atoms with Gasteiger partial charge in [0.25, 0.3) is 5.91 Å². The van der Waals surface area contributed by atoms with Crippen molar-refractivity contribution in [1.82, 2.24) is 10.2 Å². The Morgan fingerprint density at radius 1 is 1.03 bits per heavy atom. The van der Waals surface area contributed by atoms with Crippen molar-refractivity contribution < 1.29 is 14.3 Å². The molecule has 0 atom stereocenters. The first-order chi connectivity index (χ1) is 15.0. The molecule has 0 unspecified atom stereocenters. The van der Waals surface area contributed by atoms with Gasteiger partial charge in [0.15, 0.2) is 4.34 Å². The molecule has 0 saturated carbocycles. The zero-order valence-corrected chi connectivity index (χ0v) is 19.0. The van der Waals surface area contributed by atoms with Crippen LogP contribution in [0.25, 0.3) is 0 Å². The van der Waals surface area contributed by atoms with Crippen molar-refractivity contribution in [2.24, 2.45) is 0 Å². The number of aryl methyl sites for hydroxylation is 1. The smallest absolute Gasteiger partial charge is 0.257 e. The first kappa shape index (κ1) is 22.8. The Labute approximate surface area is 189 Å². The highest BCUT2D eigenvalue weighted by molar-refractivity contribution is 8.01. The molecule has 2 N–H and O–H groups in total. The molecule has 3 aromatic rings. The van der Waals surface area contributed by atoms with Crippen LogP contribution in [-0.2, 0) is 4.79 Å². The number of carbonyl (C=O) groups excluding carboxylic acids is 2. The number of amides is 2. The van der Waals surface area contributed by atoms with E-state index in [4.69, 9.17) is 4.74 Å². The summed E-state index contributed by atoms with van der Waals surface area (Å²) in [6.45, 7) is 4.76. The Balaban J connectivity index is 1.46. The number of carbonyl (C=O) groups is 2. The summed E-state index contributed by atoms with van der Waals surface area (Å²) < 4.78 is 6.21. The van der Waals surface area contributed by atoms with Gasteiger partial charge < -0.3 is 10.1 Å². The monoisotopic (exact) mass is 456 g/mol. The second-order valence-electron chi connectivity index (χ2n) is 6.76. The van der Waals surface area contributed by atoms with Crippen molar-refractivity contribution in [2.75, 3.05) is 23.0 Å². The number of anilines is 2. The molecule has 3 rings (SSSR count). The van der Waals surface area contributed by atoms with Crippen molar-refractivity contribution in [3.8, 4) is 5.75 Å². The Morgan fingerprint density at radius 2 is 1.77 bits per heavy atom. The van der Waals surface area contributed by atoms with Gasteiger partial charge in [-0.1, -0.05) is 54.1 Å². The van der Waals surface area contributed by atoms with Crippen LogP contribution < -0.4 is 15.4 Å². The van der Waals surface area contributed by atoms with Crippen LogP contribution in [-0.4, -0.2) is 34.4 Å². The molecular weight excluding hydrogens is 432 g/mol. The summed E-state index contributed by atoms with van der Waals surface area (Å²) in [7, 11) is 0. The number of unbranched alkanes of at least 4 members (excludes halogenated alkanes) is 1. The highest BCUT2D eigenvalue weighted by Crippen LogP contribution is 2.26. The molecule has 0 aliphatic carbocycles. The van der Waals surface area contributed by atoms with E-state index in [1.165, 1.54) is 23.1 Å². The summed E-state index contributed by atoms with van der Waals surface area (Å²) in [6.07, 6.45) is 2.06. The van der Waals surface area contributed by atoms with Crippen LogP contribution in [0.15, 0.2) is 52.9 Å². The number of benzene rings is 2. The average molecular weight is 457 g/mol. The zero-order valence-electron chi connectivity index (χ0n) is 17.4. The second-order valence-corrected chi connectivity index (χ2v) is 8.96. The lowest BCUT2D eigenvalue weighted by atomic mass is 10.2. The fourth-order valence-corrected chi connectivity index (χ4v) is 4.03. The predicted molar refractivity (Wildman–Crippen MR) is 125 cm³/mol. The Morgan fingerprint density at radius 3 is 2.48 bits per heavy atom. The fourth-order valence-electron chi connectivity index (χ4n) is 2.49. The third-order valence-electron chi connectivity index (χ3n) is 4.17. The maximum atomic E-state index is 12.4. The number of nitrogens with one attached hydrogen (secondary N) is 2. The molecule has 0 radical (unpaired) electrons. The summed E-state index contributed by atoms with van der Waals surface area (Å²) >= 11 is 2.50. The SMILES string of the molecule is CCCCOc1ccc(C(=O)Nc2nnc(SCC(=O)Nc3ccc(C)cc3)s2)cc1.